The molecule has 0 bridgehead atoms. The summed E-state index contributed by atoms with van der Waals surface area (Å²) in [6, 6.07) is 0. The lowest BCUT2D eigenvalue weighted by Gasteiger charge is -1.93. The highest BCUT2D eigenvalue weighted by molar-refractivity contribution is 7.99. The van der Waals surface area contributed by atoms with Gasteiger partial charge in [-0.1, -0.05) is 25.3 Å². The van der Waals surface area contributed by atoms with Gasteiger partial charge < -0.3 is 0 Å². The average Bonchev–Trinajstić information content (AvgIpc) is 2.00. The Morgan fingerprint density at radius 3 is 1.89 bits per heavy atom. The van der Waals surface area contributed by atoms with E-state index < -0.39 is 0 Å². The second-order valence-corrected chi connectivity index (χ2v) is 3.96. The summed E-state index contributed by atoms with van der Waals surface area (Å²) in [5.74, 6) is 2.83. The van der Waals surface area contributed by atoms with Crippen molar-refractivity contribution in [3.63, 3.8) is 0 Å². The van der Waals surface area contributed by atoms with Gasteiger partial charge in [0.2, 0.25) is 0 Å². The van der Waals surface area contributed by atoms with Crippen molar-refractivity contribution < 1.29 is 0 Å². The van der Waals surface area contributed by atoms with Crippen LogP contribution in [0, 0.1) is 0 Å². The lowest BCUT2D eigenvalue weighted by Crippen LogP contribution is -1.91. The van der Waals surface area contributed by atoms with Gasteiger partial charge >= 0.3 is 0 Å². The van der Waals surface area contributed by atoms with Crippen molar-refractivity contribution in [2.75, 3.05) is 11.5 Å². The monoisotopic (exact) mass is 140 g/mol. The molecule has 50 valence electrons. The van der Waals surface area contributed by atoms with Crippen molar-refractivity contribution in [1.82, 2.24) is 0 Å². The number of thioether (sulfide) groups is 1. The molecular formula is C6H14B2S. The van der Waals surface area contributed by atoms with E-state index in [-0.39, 0.29) is 0 Å². The van der Waals surface area contributed by atoms with Gasteiger partial charge in [0, 0.05) is 0 Å². The van der Waals surface area contributed by atoms with Crippen LogP contribution < -0.4 is 0 Å². The van der Waals surface area contributed by atoms with E-state index in [1.807, 2.05) is 0 Å². The highest BCUT2D eigenvalue weighted by Gasteiger charge is 1.98. The van der Waals surface area contributed by atoms with Crippen LogP contribution in [0.3, 0.4) is 0 Å². The normalized spacial score (nSPS) is 22.2. The van der Waals surface area contributed by atoms with E-state index in [2.05, 4.69) is 11.8 Å². The van der Waals surface area contributed by atoms with E-state index in [0.717, 1.165) is 0 Å². The Morgan fingerprint density at radius 1 is 0.778 bits per heavy atom. The molecule has 1 fully saturated rings. The average molecular weight is 140 g/mol. The first-order chi connectivity index (χ1) is 4.50. The van der Waals surface area contributed by atoms with Crippen LogP contribution in [0.15, 0.2) is 0 Å². The second-order valence-electron chi connectivity index (χ2n) is 2.73. The molecule has 3 heteroatoms. The Morgan fingerprint density at radius 2 is 1.33 bits per heavy atom. The number of hydrogen-bond donors (Lipinski definition) is 0. The van der Waals surface area contributed by atoms with E-state index in [9.17, 15) is 0 Å². The highest BCUT2D eigenvalue weighted by Crippen LogP contribution is 2.09. The summed E-state index contributed by atoms with van der Waals surface area (Å²) in [6.45, 7) is 0. The zero-order valence-electron chi connectivity index (χ0n) is 6.07. The molecule has 1 aliphatic rings. The van der Waals surface area contributed by atoms with E-state index in [1.165, 1.54) is 51.3 Å². The summed E-state index contributed by atoms with van der Waals surface area (Å²) < 4.78 is 0. The van der Waals surface area contributed by atoms with Crippen LogP contribution in [0.5, 0.6) is 0 Å². The first-order valence-electron chi connectivity index (χ1n) is 4.08. The second kappa shape index (κ2) is 5.28. The molecular weight excluding hydrogens is 126 g/mol. The number of rotatable bonds is 0. The molecule has 0 saturated carbocycles. The van der Waals surface area contributed by atoms with Crippen LogP contribution in [-0.2, 0) is 0 Å². The Labute approximate surface area is 63.7 Å². The smallest absolute Gasteiger partial charge is 0.120 e. The fourth-order valence-corrected chi connectivity index (χ4v) is 2.24. The molecule has 1 aliphatic heterocycles. The predicted molar refractivity (Wildman–Crippen MR) is 50.9 cm³/mol. The quantitative estimate of drug-likeness (QED) is 0.456. The fourth-order valence-electron chi connectivity index (χ4n) is 1.22. The van der Waals surface area contributed by atoms with Crippen LogP contribution in [0.2, 0.25) is 25.3 Å². The molecule has 0 aliphatic carbocycles. The molecule has 0 aromatic rings. The van der Waals surface area contributed by atoms with Crippen molar-refractivity contribution in [2.24, 2.45) is 0 Å². The molecule has 0 N–H and O–H groups in total. The van der Waals surface area contributed by atoms with Crippen molar-refractivity contribution in [3.05, 3.63) is 0 Å². The Bertz CT molecular complexity index is 39.5. The van der Waals surface area contributed by atoms with Gasteiger partial charge in [-0.25, -0.2) is 0 Å². The molecule has 0 nitrogen and oxygen atoms in total. The van der Waals surface area contributed by atoms with Gasteiger partial charge in [-0.15, -0.1) is 0 Å². The Hall–Kier alpha value is 0.480. The van der Waals surface area contributed by atoms with Gasteiger partial charge in [-0.2, -0.15) is 11.8 Å². The lowest BCUT2D eigenvalue weighted by molar-refractivity contribution is 1.34. The molecule has 0 radical (unpaired) electrons. The molecule has 0 aromatic heterocycles. The van der Waals surface area contributed by atoms with Gasteiger partial charge in [0.05, 0.1) is 0 Å². The minimum Gasteiger partial charge on any atom is -0.163 e. The molecule has 1 rings (SSSR count). The Kier molecular flexibility index (Phi) is 4.45. The van der Waals surface area contributed by atoms with Crippen LogP contribution in [-0.4, -0.2) is 26.1 Å². The standard InChI is InChI=1S/C6H14B2S/c1-2-8-4-6-9-5-3-7-1/h7-8H,1-6H2. The third-order valence-corrected chi connectivity index (χ3v) is 2.98. The zero-order chi connectivity index (χ0) is 6.36. The topological polar surface area (TPSA) is 0 Å². The first kappa shape index (κ1) is 7.59. The summed E-state index contributed by atoms with van der Waals surface area (Å²) >= 11 is 2.14. The summed E-state index contributed by atoms with van der Waals surface area (Å²) in [4.78, 5) is 0. The molecule has 0 amide bonds. The minimum atomic E-state index is 1.42. The van der Waals surface area contributed by atoms with Gasteiger partial charge in [-0.05, 0) is 11.5 Å². The molecule has 0 spiro atoms. The van der Waals surface area contributed by atoms with Crippen molar-refractivity contribution >= 4 is 26.3 Å². The van der Waals surface area contributed by atoms with Gasteiger partial charge in [0.1, 0.15) is 14.6 Å². The summed E-state index contributed by atoms with van der Waals surface area (Å²) in [5, 5.41) is 0. The van der Waals surface area contributed by atoms with Gasteiger partial charge in [0.15, 0.2) is 0 Å². The summed E-state index contributed by atoms with van der Waals surface area (Å²) in [6.07, 6.45) is 5.90. The van der Waals surface area contributed by atoms with E-state index in [0.29, 0.717) is 0 Å². The van der Waals surface area contributed by atoms with E-state index in [1.54, 1.807) is 0 Å². The molecule has 9 heavy (non-hydrogen) atoms. The minimum absolute atomic E-state index is 1.42. The zero-order valence-corrected chi connectivity index (χ0v) is 6.88. The fraction of sp³-hybridized carbons (Fsp3) is 1.00. The van der Waals surface area contributed by atoms with Gasteiger partial charge in [-0.3, -0.25) is 0 Å². The van der Waals surface area contributed by atoms with Crippen molar-refractivity contribution in [3.8, 4) is 0 Å². The van der Waals surface area contributed by atoms with Crippen LogP contribution in [0.4, 0.5) is 0 Å². The van der Waals surface area contributed by atoms with Gasteiger partial charge in [0.25, 0.3) is 0 Å². The van der Waals surface area contributed by atoms with E-state index in [4.69, 9.17) is 0 Å². The summed E-state index contributed by atoms with van der Waals surface area (Å²) in [7, 11) is 2.96. The third kappa shape index (κ3) is 3.96. The first-order valence-corrected chi connectivity index (χ1v) is 5.23. The maximum absolute atomic E-state index is 2.14. The van der Waals surface area contributed by atoms with Crippen LogP contribution in [0.25, 0.3) is 0 Å². The van der Waals surface area contributed by atoms with Crippen LogP contribution >= 0.6 is 11.8 Å². The molecule has 0 atom stereocenters. The molecule has 0 aromatic carbocycles. The van der Waals surface area contributed by atoms with E-state index >= 15 is 0 Å². The molecule has 1 saturated heterocycles. The molecule has 0 unspecified atom stereocenters. The predicted octanol–water partition coefficient (Wildman–Crippen LogP) is 1.28. The molecule has 1 heterocycles. The largest absolute Gasteiger partial charge is 0.163 e. The Balaban J connectivity index is 2.02. The number of hydrogen-bond acceptors (Lipinski definition) is 1. The van der Waals surface area contributed by atoms with Crippen LogP contribution in [0.1, 0.15) is 0 Å². The van der Waals surface area contributed by atoms with Crippen molar-refractivity contribution in [2.45, 2.75) is 25.3 Å². The highest BCUT2D eigenvalue weighted by atomic mass is 32.2. The third-order valence-electron chi connectivity index (χ3n) is 1.83. The van der Waals surface area contributed by atoms with Crippen molar-refractivity contribution in [1.29, 1.82) is 0 Å². The maximum atomic E-state index is 2.14. The lowest BCUT2D eigenvalue weighted by atomic mass is 9.60. The summed E-state index contributed by atoms with van der Waals surface area (Å²) in [5.41, 5.74) is 0. The SMILES string of the molecule is B1CCBCCSCC1. The maximum Gasteiger partial charge on any atom is 0.120 e.